The molecule has 0 unspecified atom stereocenters. The molecule has 0 spiro atoms. The van der Waals surface area contributed by atoms with Crippen LogP contribution in [0.5, 0.6) is 17.2 Å². The zero-order chi connectivity index (χ0) is 17.4. The van der Waals surface area contributed by atoms with Gasteiger partial charge in [0, 0.05) is 12.6 Å². The second-order valence-electron chi connectivity index (χ2n) is 5.00. The summed E-state index contributed by atoms with van der Waals surface area (Å²) in [5.41, 5.74) is 0. The summed E-state index contributed by atoms with van der Waals surface area (Å²) in [6, 6.07) is 15.8. The Bertz CT molecular complexity index is 688. The van der Waals surface area contributed by atoms with Crippen LogP contribution in [0.25, 0.3) is 0 Å². The Morgan fingerprint density at radius 3 is 2.38 bits per heavy atom. The fraction of sp³-hybridized carbons (Fsp3) is 0.222. The number of imide groups is 1. The standard InChI is InChI=1S/C18H20N2O4/c1-3-19-18(22)20-17(21)13(2)23-15-10-7-11-16(12-15)24-14-8-5-4-6-9-14/h4-13H,3H2,1-2H3,(H2,19,20,21,22)/t13-/m0/s1. The largest absolute Gasteiger partial charge is 0.481 e. The van der Waals surface area contributed by atoms with Crippen molar-refractivity contribution in [2.75, 3.05) is 6.54 Å². The van der Waals surface area contributed by atoms with Crippen molar-refractivity contribution in [2.24, 2.45) is 0 Å². The maximum absolute atomic E-state index is 11.9. The number of rotatable bonds is 6. The molecule has 0 aliphatic carbocycles. The van der Waals surface area contributed by atoms with E-state index < -0.39 is 18.0 Å². The molecule has 6 nitrogen and oxygen atoms in total. The average molecular weight is 328 g/mol. The lowest BCUT2D eigenvalue weighted by Gasteiger charge is -2.15. The summed E-state index contributed by atoms with van der Waals surface area (Å²) in [5.74, 6) is 1.25. The molecule has 2 rings (SSSR count). The van der Waals surface area contributed by atoms with Crippen molar-refractivity contribution in [1.29, 1.82) is 0 Å². The number of nitrogens with one attached hydrogen (secondary N) is 2. The summed E-state index contributed by atoms with van der Waals surface area (Å²) >= 11 is 0. The quantitative estimate of drug-likeness (QED) is 0.854. The van der Waals surface area contributed by atoms with Gasteiger partial charge >= 0.3 is 6.03 Å². The van der Waals surface area contributed by atoms with E-state index in [4.69, 9.17) is 9.47 Å². The van der Waals surface area contributed by atoms with E-state index in [0.717, 1.165) is 0 Å². The van der Waals surface area contributed by atoms with Gasteiger partial charge in [-0.3, -0.25) is 10.1 Å². The Balaban J connectivity index is 1.96. The lowest BCUT2D eigenvalue weighted by atomic mass is 10.3. The fourth-order valence-corrected chi connectivity index (χ4v) is 1.91. The summed E-state index contributed by atoms with van der Waals surface area (Å²) in [6.45, 7) is 3.77. The molecule has 0 heterocycles. The van der Waals surface area contributed by atoms with Gasteiger partial charge in [-0.2, -0.15) is 0 Å². The molecule has 24 heavy (non-hydrogen) atoms. The minimum Gasteiger partial charge on any atom is -0.481 e. The molecule has 1 atom stereocenters. The first-order valence-corrected chi connectivity index (χ1v) is 7.67. The zero-order valence-corrected chi connectivity index (χ0v) is 13.6. The minimum atomic E-state index is -0.820. The van der Waals surface area contributed by atoms with Gasteiger partial charge in [-0.25, -0.2) is 4.79 Å². The molecule has 0 radical (unpaired) electrons. The van der Waals surface area contributed by atoms with Crippen LogP contribution in [-0.2, 0) is 4.79 Å². The number of hydrogen-bond donors (Lipinski definition) is 2. The van der Waals surface area contributed by atoms with Crippen LogP contribution < -0.4 is 20.1 Å². The van der Waals surface area contributed by atoms with Crippen LogP contribution in [0.3, 0.4) is 0 Å². The third-order valence-corrected chi connectivity index (χ3v) is 3.04. The number of amides is 3. The van der Waals surface area contributed by atoms with Crippen molar-refractivity contribution in [3.05, 3.63) is 54.6 Å². The third-order valence-electron chi connectivity index (χ3n) is 3.04. The van der Waals surface area contributed by atoms with Crippen molar-refractivity contribution >= 4 is 11.9 Å². The number of carbonyl (C=O) groups is 2. The van der Waals surface area contributed by atoms with E-state index in [1.807, 2.05) is 30.3 Å². The highest BCUT2D eigenvalue weighted by Gasteiger charge is 2.17. The first kappa shape index (κ1) is 17.3. The molecule has 0 aliphatic heterocycles. The highest BCUT2D eigenvalue weighted by atomic mass is 16.5. The summed E-state index contributed by atoms with van der Waals surface area (Å²) < 4.78 is 11.3. The maximum Gasteiger partial charge on any atom is 0.321 e. The van der Waals surface area contributed by atoms with E-state index in [2.05, 4.69) is 10.6 Å². The first-order valence-electron chi connectivity index (χ1n) is 7.67. The van der Waals surface area contributed by atoms with Crippen LogP contribution in [0.15, 0.2) is 54.6 Å². The molecule has 126 valence electrons. The fourth-order valence-electron chi connectivity index (χ4n) is 1.91. The first-order chi connectivity index (χ1) is 11.6. The lowest BCUT2D eigenvalue weighted by Crippen LogP contribution is -2.45. The van der Waals surface area contributed by atoms with E-state index in [1.54, 1.807) is 38.1 Å². The van der Waals surface area contributed by atoms with Crippen molar-refractivity contribution < 1.29 is 19.1 Å². The number of ether oxygens (including phenoxy) is 2. The van der Waals surface area contributed by atoms with Crippen molar-refractivity contribution in [3.8, 4) is 17.2 Å². The third kappa shape index (κ3) is 5.31. The Kier molecular flexibility index (Phi) is 6.19. The molecule has 2 aromatic rings. The molecular formula is C18H20N2O4. The van der Waals surface area contributed by atoms with Crippen molar-refractivity contribution in [3.63, 3.8) is 0 Å². The van der Waals surface area contributed by atoms with Gasteiger partial charge in [0.05, 0.1) is 0 Å². The number of urea groups is 1. The topological polar surface area (TPSA) is 76.7 Å². The van der Waals surface area contributed by atoms with Crippen LogP contribution in [-0.4, -0.2) is 24.6 Å². The van der Waals surface area contributed by atoms with Gasteiger partial charge in [-0.1, -0.05) is 24.3 Å². The molecule has 6 heteroatoms. The second kappa shape index (κ2) is 8.57. The summed E-state index contributed by atoms with van der Waals surface area (Å²) in [7, 11) is 0. The van der Waals surface area contributed by atoms with Crippen molar-refractivity contribution in [2.45, 2.75) is 20.0 Å². The van der Waals surface area contributed by atoms with E-state index >= 15 is 0 Å². The molecule has 0 aliphatic rings. The number of carbonyl (C=O) groups excluding carboxylic acids is 2. The average Bonchev–Trinajstić information content (AvgIpc) is 2.56. The number of para-hydroxylation sites is 1. The predicted molar refractivity (Wildman–Crippen MR) is 90.3 cm³/mol. The maximum atomic E-state index is 11.9. The van der Waals surface area contributed by atoms with Crippen LogP contribution in [0, 0.1) is 0 Å². The summed E-state index contributed by atoms with van der Waals surface area (Å²) in [5, 5.41) is 4.70. The van der Waals surface area contributed by atoms with Gasteiger partial charge in [0.2, 0.25) is 0 Å². The number of benzene rings is 2. The van der Waals surface area contributed by atoms with Gasteiger partial charge in [-0.05, 0) is 38.1 Å². The molecular weight excluding hydrogens is 308 g/mol. The molecule has 0 fully saturated rings. The lowest BCUT2D eigenvalue weighted by molar-refractivity contribution is -0.126. The molecule has 3 amide bonds. The Morgan fingerprint density at radius 1 is 1.00 bits per heavy atom. The Morgan fingerprint density at radius 2 is 1.67 bits per heavy atom. The van der Waals surface area contributed by atoms with Crippen LogP contribution in [0.1, 0.15) is 13.8 Å². The van der Waals surface area contributed by atoms with Gasteiger partial charge in [0.25, 0.3) is 5.91 Å². The second-order valence-corrected chi connectivity index (χ2v) is 5.00. The minimum absolute atomic E-state index is 0.438. The van der Waals surface area contributed by atoms with Gasteiger partial charge < -0.3 is 14.8 Å². The molecule has 0 aromatic heterocycles. The van der Waals surface area contributed by atoms with E-state index in [0.29, 0.717) is 23.8 Å². The Labute approximate surface area is 140 Å². The van der Waals surface area contributed by atoms with Crippen LogP contribution in [0.4, 0.5) is 4.79 Å². The molecule has 0 bridgehead atoms. The van der Waals surface area contributed by atoms with Crippen molar-refractivity contribution in [1.82, 2.24) is 10.6 Å². The van der Waals surface area contributed by atoms with E-state index in [-0.39, 0.29) is 0 Å². The van der Waals surface area contributed by atoms with E-state index in [9.17, 15) is 9.59 Å². The smallest absolute Gasteiger partial charge is 0.321 e. The molecule has 0 saturated carbocycles. The molecule has 0 saturated heterocycles. The van der Waals surface area contributed by atoms with Crippen LogP contribution in [0.2, 0.25) is 0 Å². The monoisotopic (exact) mass is 328 g/mol. The molecule has 2 aromatic carbocycles. The summed E-state index contributed by atoms with van der Waals surface area (Å²) in [6.07, 6.45) is -0.820. The number of hydrogen-bond acceptors (Lipinski definition) is 4. The van der Waals surface area contributed by atoms with Crippen LogP contribution >= 0.6 is 0 Å². The zero-order valence-electron chi connectivity index (χ0n) is 13.6. The normalized spacial score (nSPS) is 11.2. The Hall–Kier alpha value is -3.02. The molecule has 2 N–H and O–H groups in total. The van der Waals surface area contributed by atoms with Gasteiger partial charge in [-0.15, -0.1) is 0 Å². The van der Waals surface area contributed by atoms with Gasteiger partial charge in [0.15, 0.2) is 6.10 Å². The van der Waals surface area contributed by atoms with Gasteiger partial charge in [0.1, 0.15) is 17.2 Å². The van der Waals surface area contributed by atoms with E-state index in [1.165, 1.54) is 0 Å². The summed E-state index contributed by atoms with van der Waals surface area (Å²) in [4.78, 5) is 23.2. The highest BCUT2D eigenvalue weighted by molar-refractivity contribution is 5.96. The highest BCUT2D eigenvalue weighted by Crippen LogP contribution is 2.25. The SMILES string of the molecule is CCNC(=O)NC(=O)[C@H](C)Oc1cccc(Oc2ccccc2)c1. The predicted octanol–water partition coefficient (Wildman–Crippen LogP) is 3.09.